The Balaban J connectivity index is 0.000000486. The van der Waals surface area contributed by atoms with Crippen molar-refractivity contribution < 1.29 is 35.9 Å². The van der Waals surface area contributed by atoms with Crippen LogP contribution in [0.2, 0.25) is 10.3 Å². The van der Waals surface area contributed by atoms with Crippen molar-refractivity contribution >= 4 is 78.5 Å². The first kappa shape index (κ1) is 32.2. The predicted molar refractivity (Wildman–Crippen MR) is 122 cm³/mol. The minimum Gasteiger partial charge on any atom is -0.396 e. The number of aromatic nitrogens is 2. The van der Waals surface area contributed by atoms with Gasteiger partial charge in [-0.05, 0) is 34.1 Å². The Kier molecular flexibility index (Phi) is 12.1. The van der Waals surface area contributed by atoms with E-state index in [9.17, 15) is 35.9 Å². The van der Waals surface area contributed by atoms with Gasteiger partial charge in [0.2, 0.25) is 11.8 Å². The molecule has 3 heterocycles. The number of nitrogen functional groups attached to an aromatic ring is 2. The highest BCUT2D eigenvalue weighted by atomic mass is 79.9. The van der Waals surface area contributed by atoms with E-state index >= 15 is 0 Å². The molecule has 7 nitrogen and oxygen atoms in total. The van der Waals surface area contributed by atoms with E-state index in [4.69, 9.17) is 34.7 Å². The van der Waals surface area contributed by atoms with Gasteiger partial charge in [-0.25, -0.2) is 13.9 Å². The van der Waals surface area contributed by atoms with Crippen LogP contribution in [0, 0.1) is 0 Å². The lowest BCUT2D eigenvalue weighted by atomic mass is 10.3. The Morgan fingerprint density at radius 2 is 1.32 bits per heavy atom. The Bertz CT molecular complexity index is 1000. The van der Waals surface area contributed by atoms with Crippen molar-refractivity contribution in [1.29, 1.82) is 0 Å². The van der Waals surface area contributed by atoms with Crippen molar-refractivity contribution in [3.8, 4) is 0 Å². The van der Waals surface area contributed by atoms with Gasteiger partial charge in [-0.15, -0.1) is 0 Å². The molecule has 0 radical (unpaired) electrons. The number of hydrogen-bond donors (Lipinski definition) is 2. The number of halogens is 10. The molecule has 2 aromatic heterocycles. The molecule has 0 saturated carbocycles. The van der Waals surface area contributed by atoms with Crippen LogP contribution in [0.5, 0.6) is 0 Å². The molecule has 4 N–H and O–H groups in total. The molecule has 0 spiro atoms. The first-order valence-corrected chi connectivity index (χ1v) is 10.4. The van der Waals surface area contributed by atoms with Crippen LogP contribution in [0.4, 0.5) is 37.7 Å². The smallest absolute Gasteiger partial charge is 0.396 e. The van der Waals surface area contributed by atoms with Gasteiger partial charge in [0, 0.05) is 17.3 Å². The second-order valence-corrected chi connectivity index (χ2v) is 8.11. The molecule has 0 unspecified atom stereocenters. The summed E-state index contributed by atoms with van der Waals surface area (Å²) in [6.07, 6.45) is -8.29. The predicted octanol–water partition coefficient (Wildman–Crippen LogP) is 6.52. The van der Waals surface area contributed by atoms with E-state index in [1.54, 1.807) is 0 Å². The number of alkyl halides is 6. The van der Waals surface area contributed by atoms with Crippen LogP contribution in [0.25, 0.3) is 0 Å². The lowest BCUT2D eigenvalue weighted by Gasteiger charge is -2.08. The number of carbonyl (C=O) groups is 2. The topological polar surface area (TPSA) is 115 Å². The van der Waals surface area contributed by atoms with E-state index in [0.717, 1.165) is 22.1 Å². The SMILES string of the molecule is C.Nc1c(Br)cc(C(F)(F)F)nc1Cl.Nc1ccc(C(F)(F)F)nc1Cl.O=C1CCC(=O)N1Br. The van der Waals surface area contributed by atoms with Crippen molar-refractivity contribution in [2.24, 2.45) is 0 Å². The molecular weight excluding hydrogens is 651 g/mol. The van der Waals surface area contributed by atoms with Crippen molar-refractivity contribution in [2.45, 2.75) is 32.6 Å². The van der Waals surface area contributed by atoms with Crippen LogP contribution >= 0.6 is 55.3 Å². The molecule has 1 fully saturated rings. The Labute approximate surface area is 216 Å². The molecule has 0 atom stereocenters. The molecule has 1 aliphatic rings. The Hall–Kier alpha value is -1.84. The third-order valence-corrected chi connectivity index (χ3v) is 5.45. The third kappa shape index (κ3) is 9.43. The fourth-order valence-electron chi connectivity index (χ4n) is 1.79. The maximum atomic E-state index is 12.1. The van der Waals surface area contributed by atoms with Gasteiger partial charge in [0.05, 0.1) is 27.5 Å². The minimum atomic E-state index is -4.51. The summed E-state index contributed by atoms with van der Waals surface area (Å²) in [5.74, 6) is -0.287. The van der Waals surface area contributed by atoms with E-state index < -0.39 is 23.7 Å². The first-order valence-electron chi connectivity index (χ1n) is 8.14. The van der Waals surface area contributed by atoms with Gasteiger partial charge in [-0.2, -0.15) is 26.3 Å². The average molecular weight is 666 g/mol. The van der Waals surface area contributed by atoms with Crippen LogP contribution in [-0.2, 0) is 21.9 Å². The molecule has 2 amide bonds. The molecule has 3 rings (SSSR count). The Morgan fingerprint density at radius 1 is 0.882 bits per heavy atom. The van der Waals surface area contributed by atoms with Gasteiger partial charge in [-0.3, -0.25) is 9.59 Å². The normalized spacial score (nSPS) is 13.4. The largest absolute Gasteiger partial charge is 0.433 e. The van der Waals surface area contributed by atoms with E-state index in [0.29, 0.717) is 12.8 Å². The average Bonchev–Trinajstić information content (AvgIpc) is 2.98. The summed E-state index contributed by atoms with van der Waals surface area (Å²) in [5, 5.41) is -0.688. The highest BCUT2D eigenvalue weighted by Gasteiger charge is 2.34. The molecule has 0 aliphatic carbocycles. The lowest BCUT2D eigenvalue weighted by molar-refractivity contribution is -0.141. The summed E-state index contributed by atoms with van der Waals surface area (Å²) in [6.45, 7) is 0. The fraction of sp³-hybridized carbons (Fsp3) is 0.294. The highest BCUT2D eigenvalue weighted by molar-refractivity contribution is 9.10. The summed E-state index contributed by atoms with van der Waals surface area (Å²) in [4.78, 5) is 27.0. The van der Waals surface area contributed by atoms with Crippen LogP contribution in [0.1, 0.15) is 31.7 Å². The van der Waals surface area contributed by atoms with Gasteiger partial charge in [-0.1, -0.05) is 30.6 Å². The number of nitrogens with two attached hydrogens (primary N) is 2. The van der Waals surface area contributed by atoms with Crippen molar-refractivity contribution in [3.05, 3.63) is 44.4 Å². The van der Waals surface area contributed by atoms with E-state index in [2.05, 4.69) is 42.0 Å². The second kappa shape index (κ2) is 12.7. The van der Waals surface area contributed by atoms with Crippen LogP contribution in [0.15, 0.2) is 22.7 Å². The summed E-state index contributed by atoms with van der Waals surface area (Å²) in [5.41, 5.74) is 8.37. The number of amides is 2. The molecule has 2 aromatic rings. The van der Waals surface area contributed by atoms with Crippen molar-refractivity contribution in [2.75, 3.05) is 11.5 Å². The van der Waals surface area contributed by atoms with E-state index in [-0.39, 0.29) is 45.4 Å². The molecular formula is C17H15Br2Cl2F6N5O2. The van der Waals surface area contributed by atoms with Gasteiger partial charge in [0.15, 0.2) is 10.3 Å². The monoisotopic (exact) mass is 663 g/mol. The van der Waals surface area contributed by atoms with Gasteiger partial charge in [0.1, 0.15) is 11.4 Å². The summed E-state index contributed by atoms with van der Waals surface area (Å²) >= 11 is 16.3. The van der Waals surface area contributed by atoms with Gasteiger partial charge >= 0.3 is 12.4 Å². The lowest BCUT2D eigenvalue weighted by Crippen LogP contribution is -2.16. The molecule has 1 saturated heterocycles. The molecule has 17 heteroatoms. The second-order valence-electron chi connectivity index (χ2n) is 5.83. The quantitative estimate of drug-likeness (QED) is 0.143. The van der Waals surface area contributed by atoms with E-state index in [1.165, 1.54) is 0 Å². The number of hydrogen-bond acceptors (Lipinski definition) is 6. The minimum absolute atomic E-state index is 0. The number of nitrogens with zero attached hydrogens (tertiary/aromatic N) is 3. The summed E-state index contributed by atoms with van der Waals surface area (Å²) in [6, 6.07) is 2.63. The maximum absolute atomic E-state index is 12.1. The van der Waals surface area contributed by atoms with Crippen molar-refractivity contribution in [1.82, 2.24) is 13.9 Å². The third-order valence-electron chi connectivity index (χ3n) is 3.41. The zero-order chi connectivity index (χ0) is 25.7. The van der Waals surface area contributed by atoms with Gasteiger partial charge < -0.3 is 11.5 Å². The molecule has 1 aliphatic heterocycles. The number of anilines is 2. The number of imide groups is 1. The Morgan fingerprint density at radius 3 is 1.65 bits per heavy atom. The van der Waals surface area contributed by atoms with Crippen LogP contribution < -0.4 is 11.5 Å². The van der Waals surface area contributed by atoms with Crippen LogP contribution in [0.3, 0.4) is 0 Å². The molecule has 34 heavy (non-hydrogen) atoms. The summed E-state index contributed by atoms with van der Waals surface area (Å²) in [7, 11) is 0. The number of carbonyl (C=O) groups excluding carboxylic acids is 2. The first-order chi connectivity index (χ1) is 14.9. The zero-order valence-electron chi connectivity index (χ0n) is 15.7. The van der Waals surface area contributed by atoms with Gasteiger partial charge in [0.25, 0.3) is 0 Å². The van der Waals surface area contributed by atoms with Crippen molar-refractivity contribution in [3.63, 3.8) is 0 Å². The number of rotatable bonds is 0. The van der Waals surface area contributed by atoms with E-state index in [1.807, 2.05) is 0 Å². The number of pyridine rings is 2. The molecule has 0 aromatic carbocycles. The molecule has 190 valence electrons. The highest BCUT2D eigenvalue weighted by Crippen LogP contribution is 2.34. The zero-order valence-corrected chi connectivity index (χ0v) is 20.4. The standard InChI is InChI=1S/C6H3BrClF3N2.C6H4ClF3N2.C4H4BrNO2.CH4/c7-2-1-3(6(9,10)11)13-5(8)4(2)12;7-5-3(11)1-2-4(12-5)6(8,9)10;5-6-3(7)1-2-4(6)8;/h1H,12H2;1-2H,11H2;1-2H2;1H4. The molecule has 0 bridgehead atoms. The fourth-order valence-corrected chi connectivity index (χ4v) is 3.01. The summed E-state index contributed by atoms with van der Waals surface area (Å²) < 4.78 is 73.2. The van der Waals surface area contributed by atoms with Crippen LogP contribution in [-0.4, -0.2) is 25.7 Å². The maximum Gasteiger partial charge on any atom is 0.433 e.